The number of nitriles is 1. The van der Waals surface area contributed by atoms with Crippen LogP contribution in [0.5, 0.6) is 5.75 Å². The molecule has 0 aliphatic heterocycles. The van der Waals surface area contributed by atoms with Gasteiger partial charge in [0.25, 0.3) is 5.91 Å². The fourth-order valence-electron chi connectivity index (χ4n) is 2.91. The Hall–Kier alpha value is -3.70. The molecule has 1 atom stereocenters. The number of rotatable bonds is 6. The lowest BCUT2D eigenvalue weighted by Crippen LogP contribution is -2.28. The Labute approximate surface area is 180 Å². The fraction of sp³-hybridized carbons (Fsp3) is 0.130. The minimum absolute atomic E-state index is 0.0309. The minimum atomic E-state index is -4.05. The molecule has 3 aromatic rings. The monoisotopic (exact) mass is 438 g/mol. The Bertz CT molecular complexity index is 1270. The molecule has 0 fully saturated rings. The molecule has 0 spiro atoms. The van der Waals surface area contributed by atoms with E-state index in [9.17, 15) is 22.9 Å². The Morgan fingerprint density at radius 3 is 2.39 bits per heavy atom. The van der Waals surface area contributed by atoms with Gasteiger partial charge in [0, 0.05) is 11.1 Å². The first-order valence-electron chi connectivity index (χ1n) is 9.28. The maximum atomic E-state index is 13.9. The second-order valence-corrected chi connectivity index (χ2v) is 8.40. The van der Waals surface area contributed by atoms with E-state index in [4.69, 9.17) is 4.18 Å². The topological polar surface area (TPSA) is 96.3 Å². The van der Waals surface area contributed by atoms with E-state index in [1.807, 2.05) is 6.07 Å². The van der Waals surface area contributed by atoms with E-state index in [2.05, 4.69) is 5.32 Å². The van der Waals surface area contributed by atoms with E-state index in [-0.39, 0.29) is 21.8 Å². The quantitative estimate of drug-likeness (QED) is 0.582. The third-order valence-corrected chi connectivity index (χ3v) is 5.95. The number of amides is 1. The highest BCUT2D eigenvalue weighted by atomic mass is 32.2. The first-order chi connectivity index (χ1) is 14.7. The first-order valence-corrected chi connectivity index (χ1v) is 10.7. The van der Waals surface area contributed by atoms with E-state index < -0.39 is 27.9 Å². The fourth-order valence-corrected chi connectivity index (χ4v) is 4.16. The predicted molar refractivity (Wildman–Crippen MR) is 112 cm³/mol. The minimum Gasteiger partial charge on any atom is -0.379 e. The molecule has 3 aromatic carbocycles. The van der Waals surface area contributed by atoms with Crippen molar-refractivity contribution in [3.05, 3.63) is 94.8 Å². The average molecular weight is 438 g/mol. The number of carbonyl (C=O) groups excluding carboxylic acids is 1. The second-order valence-electron chi connectivity index (χ2n) is 6.89. The van der Waals surface area contributed by atoms with Crippen LogP contribution in [-0.2, 0) is 10.1 Å². The lowest BCUT2D eigenvalue weighted by Gasteiger charge is -2.13. The summed E-state index contributed by atoms with van der Waals surface area (Å²) in [5.74, 6) is -1.18. The van der Waals surface area contributed by atoms with Crippen LogP contribution in [0.1, 0.15) is 33.1 Å². The Morgan fingerprint density at radius 1 is 1.06 bits per heavy atom. The van der Waals surface area contributed by atoms with Crippen LogP contribution in [0.4, 0.5) is 4.39 Å². The molecule has 8 heteroatoms. The van der Waals surface area contributed by atoms with E-state index in [1.54, 1.807) is 32.0 Å². The van der Waals surface area contributed by atoms with Gasteiger partial charge in [-0.2, -0.15) is 13.7 Å². The van der Waals surface area contributed by atoms with Gasteiger partial charge in [-0.3, -0.25) is 4.79 Å². The highest BCUT2D eigenvalue weighted by Gasteiger charge is 2.21. The summed E-state index contributed by atoms with van der Waals surface area (Å²) >= 11 is 0. The predicted octanol–water partition coefficient (Wildman–Crippen LogP) is 4.20. The number of aryl methyl sites for hydroxylation is 2. The maximum Gasteiger partial charge on any atom is 0.339 e. The molecule has 6 nitrogen and oxygen atoms in total. The van der Waals surface area contributed by atoms with Crippen LogP contribution in [-0.4, -0.2) is 14.3 Å². The number of nitrogens with one attached hydrogen (secondary N) is 1. The largest absolute Gasteiger partial charge is 0.379 e. The molecular formula is C23H19FN2O4S. The zero-order valence-corrected chi connectivity index (χ0v) is 17.6. The van der Waals surface area contributed by atoms with Crippen molar-refractivity contribution in [3.8, 4) is 11.8 Å². The first kappa shape index (κ1) is 22.0. The molecule has 158 valence electrons. The number of benzene rings is 3. The Morgan fingerprint density at radius 2 is 1.74 bits per heavy atom. The van der Waals surface area contributed by atoms with Gasteiger partial charge < -0.3 is 9.50 Å². The van der Waals surface area contributed by atoms with Crippen LogP contribution in [0.3, 0.4) is 0 Å². The van der Waals surface area contributed by atoms with Crippen molar-refractivity contribution in [2.45, 2.75) is 24.8 Å². The van der Waals surface area contributed by atoms with Crippen LogP contribution in [0.2, 0.25) is 0 Å². The summed E-state index contributed by atoms with van der Waals surface area (Å²) in [5.41, 5.74) is 1.55. The summed E-state index contributed by atoms with van der Waals surface area (Å²) in [4.78, 5) is 12.5. The van der Waals surface area contributed by atoms with Gasteiger partial charge >= 0.3 is 10.1 Å². The van der Waals surface area contributed by atoms with E-state index >= 15 is 0 Å². The van der Waals surface area contributed by atoms with Crippen LogP contribution in [0.25, 0.3) is 0 Å². The Kier molecular flexibility index (Phi) is 6.37. The van der Waals surface area contributed by atoms with Gasteiger partial charge in [-0.1, -0.05) is 30.3 Å². The zero-order valence-electron chi connectivity index (χ0n) is 16.8. The highest BCUT2D eigenvalue weighted by molar-refractivity contribution is 7.87. The van der Waals surface area contributed by atoms with Crippen molar-refractivity contribution in [3.63, 3.8) is 0 Å². The van der Waals surface area contributed by atoms with E-state index in [1.165, 1.54) is 48.5 Å². The van der Waals surface area contributed by atoms with Crippen molar-refractivity contribution in [2.75, 3.05) is 0 Å². The third-order valence-electron chi connectivity index (χ3n) is 4.56. The molecular weight excluding hydrogens is 419 g/mol. The summed E-state index contributed by atoms with van der Waals surface area (Å²) < 4.78 is 44.3. The number of halogens is 1. The molecule has 0 saturated carbocycles. The zero-order chi connectivity index (χ0) is 22.6. The maximum absolute atomic E-state index is 13.9. The molecule has 31 heavy (non-hydrogen) atoms. The molecule has 0 heterocycles. The van der Waals surface area contributed by atoms with Crippen LogP contribution < -0.4 is 9.50 Å². The van der Waals surface area contributed by atoms with E-state index in [0.29, 0.717) is 5.56 Å². The summed E-state index contributed by atoms with van der Waals surface area (Å²) in [6.07, 6.45) is 0. The molecule has 1 amide bonds. The molecule has 0 radical (unpaired) electrons. The van der Waals surface area contributed by atoms with Gasteiger partial charge in [-0.05, 0) is 61.4 Å². The van der Waals surface area contributed by atoms with Gasteiger partial charge in [0.05, 0.1) is 6.07 Å². The SMILES string of the molecule is Cc1ccc(C)c(S(=O)(=O)Oc2ccc(C(=O)NC(C#N)c3ccccc3F)cc2)c1. The van der Waals surface area contributed by atoms with Crippen molar-refractivity contribution in [2.24, 2.45) is 0 Å². The third kappa shape index (κ3) is 5.08. The Balaban J connectivity index is 1.75. The van der Waals surface area contributed by atoms with Crippen molar-refractivity contribution >= 4 is 16.0 Å². The van der Waals surface area contributed by atoms with Gasteiger partial charge in [-0.25, -0.2) is 4.39 Å². The highest BCUT2D eigenvalue weighted by Crippen LogP contribution is 2.23. The molecule has 0 bridgehead atoms. The molecule has 0 aromatic heterocycles. The molecule has 0 aliphatic rings. The standard InChI is InChI=1S/C23H19FN2O4S/c1-15-7-8-16(2)22(13-15)31(28,29)30-18-11-9-17(10-12-18)23(27)26-21(14-25)19-5-3-4-6-20(19)24/h3-13,21H,1-2H3,(H,26,27). The smallest absolute Gasteiger partial charge is 0.339 e. The van der Waals surface area contributed by atoms with Crippen molar-refractivity contribution < 1.29 is 21.8 Å². The second kappa shape index (κ2) is 8.98. The number of hydrogen-bond donors (Lipinski definition) is 1. The van der Waals surface area contributed by atoms with Crippen LogP contribution in [0.15, 0.2) is 71.6 Å². The van der Waals surface area contributed by atoms with Crippen molar-refractivity contribution in [1.29, 1.82) is 5.26 Å². The average Bonchev–Trinajstić information content (AvgIpc) is 2.74. The van der Waals surface area contributed by atoms with Crippen LogP contribution >= 0.6 is 0 Å². The van der Waals surface area contributed by atoms with Gasteiger partial charge in [0.1, 0.15) is 22.5 Å². The summed E-state index contributed by atoms with van der Waals surface area (Å²) in [6, 6.07) is 16.8. The van der Waals surface area contributed by atoms with E-state index in [0.717, 1.165) is 5.56 Å². The molecule has 1 N–H and O–H groups in total. The lowest BCUT2D eigenvalue weighted by atomic mass is 10.1. The summed E-state index contributed by atoms with van der Waals surface area (Å²) in [6.45, 7) is 3.45. The molecule has 0 saturated heterocycles. The molecule has 3 rings (SSSR count). The summed E-state index contributed by atoms with van der Waals surface area (Å²) in [7, 11) is -4.05. The number of carbonyl (C=O) groups is 1. The van der Waals surface area contributed by atoms with Crippen molar-refractivity contribution in [1.82, 2.24) is 5.32 Å². The van der Waals surface area contributed by atoms with Gasteiger partial charge in [0.15, 0.2) is 0 Å². The number of nitrogens with zero attached hydrogens (tertiary/aromatic N) is 1. The van der Waals surface area contributed by atoms with Crippen LogP contribution in [0, 0.1) is 31.0 Å². The molecule has 0 aliphatic carbocycles. The lowest BCUT2D eigenvalue weighted by molar-refractivity contribution is 0.0944. The van der Waals surface area contributed by atoms with Gasteiger partial charge in [0.2, 0.25) is 0 Å². The summed E-state index contributed by atoms with van der Waals surface area (Å²) in [5, 5.41) is 11.8. The van der Waals surface area contributed by atoms with Gasteiger partial charge in [-0.15, -0.1) is 0 Å². The molecule has 1 unspecified atom stereocenters. The normalized spacial score (nSPS) is 11.9. The number of hydrogen-bond acceptors (Lipinski definition) is 5.